The summed E-state index contributed by atoms with van der Waals surface area (Å²) in [7, 11) is 0. The summed E-state index contributed by atoms with van der Waals surface area (Å²) in [6, 6.07) is 13.2. The van der Waals surface area contributed by atoms with Crippen LogP contribution in [0, 0.1) is 5.82 Å². The molecule has 2 N–H and O–H groups in total. The van der Waals surface area contributed by atoms with E-state index in [9.17, 15) is 9.18 Å². The molecule has 5 heteroatoms. The highest BCUT2D eigenvalue weighted by Crippen LogP contribution is 2.32. The highest BCUT2D eigenvalue weighted by molar-refractivity contribution is 5.94. The van der Waals surface area contributed by atoms with E-state index >= 15 is 0 Å². The van der Waals surface area contributed by atoms with Crippen molar-refractivity contribution in [3.05, 3.63) is 53.8 Å². The third-order valence-electron chi connectivity index (χ3n) is 4.79. The molecule has 130 valence electrons. The largest absolute Gasteiger partial charge is 0.336 e. The van der Waals surface area contributed by atoms with E-state index in [-0.39, 0.29) is 11.8 Å². The molecule has 0 aromatic heterocycles. The maximum absolute atomic E-state index is 13.4. The van der Waals surface area contributed by atoms with E-state index in [1.807, 2.05) is 18.2 Å². The minimum Gasteiger partial charge on any atom is -0.336 e. The fourth-order valence-electron chi connectivity index (χ4n) is 3.29. The van der Waals surface area contributed by atoms with Crippen molar-refractivity contribution in [2.24, 2.45) is 0 Å². The zero-order chi connectivity index (χ0) is 17.2. The topological polar surface area (TPSA) is 44.4 Å². The normalized spacial score (nSPS) is 16.0. The third-order valence-corrected chi connectivity index (χ3v) is 4.79. The molecule has 0 unspecified atom stereocenters. The Morgan fingerprint density at radius 3 is 2.76 bits per heavy atom. The monoisotopic (exact) mass is 339 g/mol. The van der Waals surface area contributed by atoms with Gasteiger partial charge in [-0.1, -0.05) is 18.2 Å². The first kappa shape index (κ1) is 16.1. The van der Waals surface area contributed by atoms with Gasteiger partial charge in [0.25, 0.3) is 0 Å². The van der Waals surface area contributed by atoms with E-state index in [4.69, 9.17) is 0 Å². The molecule has 1 aliphatic heterocycles. The number of nitrogens with one attached hydrogen (secondary N) is 2. The van der Waals surface area contributed by atoms with E-state index in [0.717, 1.165) is 35.3 Å². The first-order valence-electron chi connectivity index (χ1n) is 8.88. The molecule has 2 aromatic carbocycles. The van der Waals surface area contributed by atoms with Crippen LogP contribution in [0.2, 0.25) is 0 Å². The van der Waals surface area contributed by atoms with Gasteiger partial charge in [0.05, 0.1) is 0 Å². The van der Waals surface area contributed by atoms with Gasteiger partial charge in [-0.25, -0.2) is 9.18 Å². The maximum Gasteiger partial charge on any atom is 0.321 e. The summed E-state index contributed by atoms with van der Waals surface area (Å²) in [5.41, 5.74) is 3.92. The van der Waals surface area contributed by atoms with E-state index in [0.29, 0.717) is 19.1 Å². The fraction of sp³-hybridized carbons (Fsp3) is 0.350. The minimum absolute atomic E-state index is 0.0464. The summed E-state index contributed by atoms with van der Waals surface area (Å²) < 4.78 is 13.4. The number of hydrogen-bond acceptors (Lipinski definition) is 2. The molecule has 2 aliphatic rings. The maximum atomic E-state index is 13.4. The standard InChI is InChI=1S/C20H22FN3O/c21-17-3-1-2-14(13-17)15-4-7-19-16(12-15)8-11-24(19)20(25)23-10-9-22-18-5-6-18/h1-4,7,12-13,18,22H,5-6,8-11H2,(H,23,25). The van der Waals surface area contributed by atoms with Gasteiger partial charge in [-0.05, 0) is 60.2 Å². The molecule has 4 nitrogen and oxygen atoms in total. The number of fused-ring (bicyclic) bond motifs is 1. The second-order valence-electron chi connectivity index (χ2n) is 6.72. The summed E-state index contributed by atoms with van der Waals surface area (Å²) >= 11 is 0. The fourth-order valence-corrected chi connectivity index (χ4v) is 3.29. The van der Waals surface area contributed by atoms with Crippen molar-refractivity contribution in [3.63, 3.8) is 0 Å². The van der Waals surface area contributed by atoms with Gasteiger partial charge in [-0.3, -0.25) is 4.90 Å². The van der Waals surface area contributed by atoms with Gasteiger partial charge in [-0.2, -0.15) is 0 Å². The van der Waals surface area contributed by atoms with Crippen LogP contribution < -0.4 is 15.5 Å². The lowest BCUT2D eigenvalue weighted by atomic mass is 10.0. The van der Waals surface area contributed by atoms with Crippen molar-refractivity contribution in [2.75, 3.05) is 24.5 Å². The molecule has 1 heterocycles. The number of amides is 2. The number of carbonyl (C=O) groups is 1. The van der Waals surface area contributed by atoms with E-state index in [1.54, 1.807) is 11.0 Å². The Labute approximate surface area is 147 Å². The van der Waals surface area contributed by atoms with Crippen molar-refractivity contribution < 1.29 is 9.18 Å². The Morgan fingerprint density at radius 1 is 1.12 bits per heavy atom. The van der Waals surface area contributed by atoms with Crippen molar-refractivity contribution >= 4 is 11.7 Å². The summed E-state index contributed by atoms with van der Waals surface area (Å²) in [6.45, 7) is 2.14. The van der Waals surface area contributed by atoms with Crippen LogP contribution in [-0.2, 0) is 6.42 Å². The van der Waals surface area contributed by atoms with Crippen LogP contribution in [0.1, 0.15) is 18.4 Å². The van der Waals surface area contributed by atoms with Gasteiger partial charge in [0.2, 0.25) is 0 Å². The SMILES string of the molecule is O=C(NCCNC1CC1)N1CCc2cc(-c3cccc(F)c3)ccc21. The number of urea groups is 1. The van der Waals surface area contributed by atoms with Gasteiger partial charge in [0.1, 0.15) is 5.82 Å². The summed E-state index contributed by atoms with van der Waals surface area (Å²) in [5, 5.41) is 6.37. The van der Waals surface area contributed by atoms with Gasteiger partial charge < -0.3 is 10.6 Å². The van der Waals surface area contributed by atoms with Crippen LogP contribution in [0.4, 0.5) is 14.9 Å². The Hall–Kier alpha value is -2.40. The van der Waals surface area contributed by atoms with Gasteiger partial charge in [-0.15, -0.1) is 0 Å². The predicted octanol–water partition coefficient (Wildman–Crippen LogP) is 3.32. The van der Waals surface area contributed by atoms with Crippen molar-refractivity contribution in [1.29, 1.82) is 0 Å². The van der Waals surface area contributed by atoms with Crippen LogP contribution in [-0.4, -0.2) is 31.7 Å². The van der Waals surface area contributed by atoms with E-state index < -0.39 is 0 Å². The number of anilines is 1. The number of nitrogens with zero attached hydrogens (tertiary/aromatic N) is 1. The molecule has 1 fully saturated rings. The number of halogens is 1. The molecule has 2 aromatic rings. The molecule has 2 amide bonds. The lowest BCUT2D eigenvalue weighted by Gasteiger charge is -2.18. The van der Waals surface area contributed by atoms with Crippen LogP contribution in [0.15, 0.2) is 42.5 Å². The minimum atomic E-state index is -0.237. The second-order valence-corrected chi connectivity index (χ2v) is 6.72. The molecule has 4 rings (SSSR count). The molecule has 0 saturated heterocycles. The first-order valence-corrected chi connectivity index (χ1v) is 8.88. The molecule has 0 radical (unpaired) electrons. The van der Waals surface area contributed by atoms with Crippen molar-refractivity contribution in [1.82, 2.24) is 10.6 Å². The summed E-state index contributed by atoms with van der Waals surface area (Å²) in [5.74, 6) is -0.237. The molecule has 1 aliphatic carbocycles. The van der Waals surface area contributed by atoms with Crippen LogP contribution in [0.5, 0.6) is 0 Å². The Balaban J connectivity index is 1.42. The van der Waals surface area contributed by atoms with Crippen LogP contribution in [0.25, 0.3) is 11.1 Å². The van der Waals surface area contributed by atoms with Gasteiger partial charge in [0, 0.05) is 31.4 Å². The number of carbonyl (C=O) groups excluding carboxylic acids is 1. The van der Waals surface area contributed by atoms with Gasteiger partial charge in [0.15, 0.2) is 0 Å². The second kappa shape index (κ2) is 6.84. The highest BCUT2D eigenvalue weighted by Gasteiger charge is 2.25. The van der Waals surface area contributed by atoms with Gasteiger partial charge >= 0.3 is 6.03 Å². The zero-order valence-electron chi connectivity index (χ0n) is 14.1. The predicted molar refractivity (Wildman–Crippen MR) is 97.3 cm³/mol. The van der Waals surface area contributed by atoms with E-state index in [2.05, 4.69) is 16.7 Å². The molecule has 0 bridgehead atoms. The Kier molecular flexibility index (Phi) is 4.40. The molecular formula is C20H22FN3O. The Morgan fingerprint density at radius 2 is 1.96 bits per heavy atom. The first-order chi connectivity index (χ1) is 12.2. The van der Waals surface area contributed by atoms with Crippen molar-refractivity contribution in [2.45, 2.75) is 25.3 Å². The van der Waals surface area contributed by atoms with E-state index in [1.165, 1.54) is 25.0 Å². The number of rotatable bonds is 5. The van der Waals surface area contributed by atoms with Crippen molar-refractivity contribution in [3.8, 4) is 11.1 Å². The Bertz CT molecular complexity index is 788. The quantitative estimate of drug-likeness (QED) is 0.821. The molecule has 0 atom stereocenters. The summed E-state index contributed by atoms with van der Waals surface area (Å²) in [4.78, 5) is 14.2. The summed E-state index contributed by atoms with van der Waals surface area (Å²) in [6.07, 6.45) is 3.33. The molecular weight excluding hydrogens is 317 g/mol. The average molecular weight is 339 g/mol. The number of hydrogen-bond donors (Lipinski definition) is 2. The van der Waals surface area contributed by atoms with Crippen LogP contribution >= 0.6 is 0 Å². The molecule has 25 heavy (non-hydrogen) atoms. The lowest BCUT2D eigenvalue weighted by Crippen LogP contribution is -2.42. The molecule has 1 saturated carbocycles. The zero-order valence-corrected chi connectivity index (χ0v) is 14.1. The van der Waals surface area contributed by atoms with Crippen LogP contribution in [0.3, 0.4) is 0 Å². The lowest BCUT2D eigenvalue weighted by molar-refractivity contribution is 0.246. The average Bonchev–Trinajstić information content (AvgIpc) is 3.35. The number of benzene rings is 2. The smallest absolute Gasteiger partial charge is 0.321 e. The third kappa shape index (κ3) is 3.66. The molecule has 0 spiro atoms. The highest BCUT2D eigenvalue weighted by atomic mass is 19.1.